The number of halogens is 1. The van der Waals surface area contributed by atoms with Crippen molar-refractivity contribution in [2.75, 3.05) is 0 Å². The van der Waals surface area contributed by atoms with Gasteiger partial charge in [-0.05, 0) is 24.6 Å². The van der Waals surface area contributed by atoms with Crippen molar-refractivity contribution < 1.29 is 4.79 Å². The number of amides is 1. The first-order valence-corrected chi connectivity index (χ1v) is 6.16. The molecule has 0 bridgehead atoms. The summed E-state index contributed by atoms with van der Waals surface area (Å²) in [7, 11) is 0. The van der Waals surface area contributed by atoms with E-state index in [4.69, 9.17) is 0 Å². The number of nitrogens with one attached hydrogen (secondary N) is 1. The molecule has 1 N–H and O–H groups in total. The molecule has 0 aromatic heterocycles. The van der Waals surface area contributed by atoms with Crippen LogP contribution in [0.2, 0.25) is 0 Å². The molecule has 3 heteroatoms. The predicted octanol–water partition coefficient (Wildman–Crippen LogP) is 3.67. The zero-order valence-electron chi connectivity index (χ0n) is 10.2. The molecule has 0 radical (unpaired) electrons. The fourth-order valence-electron chi connectivity index (χ4n) is 1.27. The summed E-state index contributed by atoms with van der Waals surface area (Å²) >= 11 is 3.42. The Morgan fingerprint density at radius 3 is 2.50 bits per heavy atom. The maximum atomic E-state index is 11.8. The number of carbonyl (C=O) groups is 1. The number of rotatable bonds is 2. The third-order valence-electron chi connectivity index (χ3n) is 2.38. The molecule has 2 nitrogen and oxygen atoms in total. The Labute approximate surface area is 106 Å². The zero-order valence-corrected chi connectivity index (χ0v) is 11.8. The van der Waals surface area contributed by atoms with E-state index in [1.807, 2.05) is 52.0 Å². The second-order valence-corrected chi connectivity index (χ2v) is 5.92. The van der Waals surface area contributed by atoms with E-state index in [9.17, 15) is 4.79 Å². The van der Waals surface area contributed by atoms with E-state index < -0.39 is 0 Å². The monoisotopic (exact) mass is 283 g/mol. The number of hydrogen-bond donors (Lipinski definition) is 1. The quantitative estimate of drug-likeness (QED) is 0.882. The Morgan fingerprint density at radius 1 is 1.38 bits per heavy atom. The van der Waals surface area contributed by atoms with E-state index in [1.165, 1.54) is 0 Å². The van der Waals surface area contributed by atoms with Crippen molar-refractivity contribution in [1.29, 1.82) is 0 Å². The lowest BCUT2D eigenvalue weighted by atomic mass is 9.95. The highest BCUT2D eigenvalue weighted by molar-refractivity contribution is 9.10. The smallest absolute Gasteiger partial charge is 0.225 e. The maximum Gasteiger partial charge on any atom is 0.225 e. The molecular formula is C13H18BrNO. The van der Waals surface area contributed by atoms with Crippen molar-refractivity contribution >= 4 is 21.8 Å². The first-order valence-electron chi connectivity index (χ1n) is 5.37. The van der Waals surface area contributed by atoms with Crippen molar-refractivity contribution in [3.8, 4) is 0 Å². The summed E-state index contributed by atoms with van der Waals surface area (Å²) in [5.41, 5.74) is 0.757. The second kappa shape index (κ2) is 5.00. The van der Waals surface area contributed by atoms with Gasteiger partial charge in [0.1, 0.15) is 0 Å². The van der Waals surface area contributed by atoms with Crippen molar-refractivity contribution in [1.82, 2.24) is 5.32 Å². The molecule has 0 fully saturated rings. The molecular weight excluding hydrogens is 266 g/mol. The standard InChI is InChI=1S/C13H18BrNO/c1-9(15-12(16)13(2,3)4)10-6-5-7-11(14)8-10/h5-9H,1-4H3,(H,15,16)/t9-/m0/s1. The van der Waals surface area contributed by atoms with Gasteiger partial charge in [0.25, 0.3) is 0 Å². The largest absolute Gasteiger partial charge is 0.349 e. The predicted molar refractivity (Wildman–Crippen MR) is 70.2 cm³/mol. The van der Waals surface area contributed by atoms with Gasteiger partial charge in [0.05, 0.1) is 6.04 Å². The lowest BCUT2D eigenvalue weighted by molar-refractivity contribution is -0.129. The highest BCUT2D eigenvalue weighted by Gasteiger charge is 2.22. The van der Waals surface area contributed by atoms with Gasteiger partial charge in [-0.3, -0.25) is 4.79 Å². The Morgan fingerprint density at radius 2 is 2.00 bits per heavy atom. The average Bonchev–Trinajstić information content (AvgIpc) is 2.16. The number of hydrogen-bond acceptors (Lipinski definition) is 1. The van der Waals surface area contributed by atoms with Crippen LogP contribution in [-0.4, -0.2) is 5.91 Å². The Balaban J connectivity index is 2.73. The van der Waals surface area contributed by atoms with Crippen LogP contribution in [-0.2, 0) is 4.79 Å². The normalized spacial score (nSPS) is 13.3. The molecule has 1 rings (SSSR count). The summed E-state index contributed by atoms with van der Waals surface area (Å²) in [5.74, 6) is 0.0694. The van der Waals surface area contributed by atoms with Gasteiger partial charge in [0.2, 0.25) is 5.91 Å². The van der Waals surface area contributed by atoms with Gasteiger partial charge >= 0.3 is 0 Å². The Bertz CT molecular complexity index is 382. The molecule has 0 saturated heterocycles. The highest BCUT2D eigenvalue weighted by Crippen LogP contribution is 2.20. The third kappa shape index (κ3) is 3.63. The molecule has 0 spiro atoms. The number of carbonyl (C=O) groups excluding carboxylic acids is 1. The van der Waals surface area contributed by atoms with E-state index in [0.717, 1.165) is 10.0 Å². The fraction of sp³-hybridized carbons (Fsp3) is 0.462. The Hall–Kier alpha value is -0.830. The van der Waals surface area contributed by atoms with Crippen LogP contribution in [0.4, 0.5) is 0 Å². The molecule has 1 amide bonds. The summed E-state index contributed by atoms with van der Waals surface area (Å²) in [4.78, 5) is 11.8. The van der Waals surface area contributed by atoms with Crippen LogP contribution < -0.4 is 5.32 Å². The molecule has 1 atom stereocenters. The summed E-state index contributed by atoms with van der Waals surface area (Å²) in [6, 6.07) is 8.01. The van der Waals surface area contributed by atoms with E-state index in [2.05, 4.69) is 21.2 Å². The minimum absolute atomic E-state index is 0.0317. The van der Waals surface area contributed by atoms with Crippen molar-refractivity contribution in [2.45, 2.75) is 33.7 Å². The topological polar surface area (TPSA) is 29.1 Å². The van der Waals surface area contributed by atoms with Gasteiger partial charge in [-0.2, -0.15) is 0 Å². The van der Waals surface area contributed by atoms with Crippen LogP contribution in [0.1, 0.15) is 39.3 Å². The molecule has 88 valence electrons. The van der Waals surface area contributed by atoms with Crippen LogP contribution in [0.15, 0.2) is 28.7 Å². The number of benzene rings is 1. The minimum Gasteiger partial charge on any atom is -0.349 e. The molecule has 0 aliphatic carbocycles. The van der Waals surface area contributed by atoms with Crippen LogP contribution in [0.5, 0.6) is 0 Å². The lowest BCUT2D eigenvalue weighted by Crippen LogP contribution is -2.36. The molecule has 0 aliphatic heterocycles. The van der Waals surface area contributed by atoms with Gasteiger partial charge in [-0.25, -0.2) is 0 Å². The van der Waals surface area contributed by atoms with Crippen molar-refractivity contribution in [3.05, 3.63) is 34.3 Å². The summed E-state index contributed by atoms with van der Waals surface area (Å²) < 4.78 is 1.03. The van der Waals surface area contributed by atoms with Crippen LogP contribution in [0.25, 0.3) is 0 Å². The van der Waals surface area contributed by atoms with Crippen molar-refractivity contribution in [2.24, 2.45) is 5.41 Å². The first-order chi connectivity index (χ1) is 7.30. The summed E-state index contributed by atoms with van der Waals surface area (Å²) in [6.07, 6.45) is 0. The van der Waals surface area contributed by atoms with Crippen LogP contribution in [0, 0.1) is 5.41 Å². The van der Waals surface area contributed by atoms with E-state index in [1.54, 1.807) is 0 Å². The highest BCUT2D eigenvalue weighted by atomic mass is 79.9. The first kappa shape index (κ1) is 13.2. The molecule has 0 saturated carbocycles. The fourth-order valence-corrected chi connectivity index (χ4v) is 1.69. The van der Waals surface area contributed by atoms with Crippen LogP contribution >= 0.6 is 15.9 Å². The van der Waals surface area contributed by atoms with Gasteiger partial charge in [0, 0.05) is 9.89 Å². The van der Waals surface area contributed by atoms with Crippen molar-refractivity contribution in [3.63, 3.8) is 0 Å². The van der Waals surface area contributed by atoms with E-state index in [0.29, 0.717) is 0 Å². The van der Waals surface area contributed by atoms with Gasteiger partial charge < -0.3 is 5.32 Å². The lowest BCUT2D eigenvalue weighted by Gasteiger charge is -2.22. The molecule has 0 aliphatic rings. The van der Waals surface area contributed by atoms with Gasteiger partial charge in [-0.1, -0.05) is 48.8 Å². The molecule has 16 heavy (non-hydrogen) atoms. The maximum absolute atomic E-state index is 11.8. The third-order valence-corrected chi connectivity index (χ3v) is 2.87. The summed E-state index contributed by atoms with van der Waals surface area (Å²) in [5, 5.41) is 3.00. The molecule has 1 aromatic rings. The zero-order chi connectivity index (χ0) is 12.3. The van der Waals surface area contributed by atoms with Gasteiger partial charge in [0.15, 0.2) is 0 Å². The average molecular weight is 284 g/mol. The summed E-state index contributed by atoms with van der Waals surface area (Å²) in [6.45, 7) is 7.73. The molecule has 0 unspecified atom stereocenters. The minimum atomic E-state index is -0.347. The van der Waals surface area contributed by atoms with E-state index in [-0.39, 0.29) is 17.4 Å². The van der Waals surface area contributed by atoms with Crippen LogP contribution in [0.3, 0.4) is 0 Å². The van der Waals surface area contributed by atoms with E-state index >= 15 is 0 Å². The second-order valence-electron chi connectivity index (χ2n) is 5.00. The van der Waals surface area contributed by atoms with Gasteiger partial charge in [-0.15, -0.1) is 0 Å². The SMILES string of the molecule is C[C@H](NC(=O)C(C)(C)C)c1cccc(Br)c1. The molecule has 0 heterocycles. The Kier molecular flexibility index (Phi) is 4.14. The molecule has 1 aromatic carbocycles.